The van der Waals surface area contributed by atoms with Crippen LogP contribution in [0.3, 0.4) is 0 Å². The fourth-order valence-electron chi connectivity index (χ4n) is 4.46. The third-order valence-corrected chi connectivity index (χ3v) is 7.14. The van der Waals surface area contributed by atoms with E-state index in [4.69, 9.17) is 0 Å². The minimum atomic E-state index is -1.10. The number of amides is 2. The number of aromatic nitrogens is 1. The van der Waals surface area contributed by atoms with Crippen LogP contribution in [0.25, 0.3) is 0 Å². The number of unbranched alkanes of at least 4 members (excludes halogenated alkanes) is 1. The Morgan fingerprint density at radius 1 is 1.39 bits per heavy atom. The van der Waals surface area contributed by atoms with Crippen molar-refractivity contribution in [3.05, 3.63) is 11.1 Å². The third kappa shape index (κ3) is 4.27. The summed E-state index contributed by atoms with van der Waals surface area (Å²) in [5.74, 6) is -0.975. The molecule has 2 aliphatic rings. The summed E-state index contributed by atoms with van der Waals surface area (Å²) in [6.45, 7) is 3.82. The van der Waals surface area contributed by atoms with Gasteiger partial charge in [0.25, 0.3) is 0 Å². The van der Waals surface area contributed by atoms with Crippen molar-refractivity contribution in [2.24, 2.45) is 16.7 Å². The van der Waals surface area contributed by atoms with Crippen molar-refractivity contribution in [2.75, 3.05) is 11.9 Å². The molecule has 2 unspecified atom stereocenters. The summed E-state index contributed by atoms with van der Waals surface area (Å²) in [7, 11) is 0. The lowest BCUT2D eigenvalue weighted by molar-refractivity contribution is -0.157. The molecule has 0 aliphatic heterocycles. The average molecular weight is 408 g/mol. The highest BCUT2D eigenvalue weighted by molar-refractivity contribution is 7.13. The Balaban J connectivity index is 1.85. The molecule has 7 nitrogen and oxygen atoms in total. The van der Waals surface area contributed by atoms with Gasteiger partial charge in [-0.1, -0.05) is 19.8 Å². The number of nitrogens with one attached hydrogen (secondary N) is 1. The lowest BCUT2D eigenvalue weighted by Gasteiger charge is -2.31. The van der Waals surface area contributed by atoms with Gasteiger partial charge in [0.2, 0.25) is 12.3 Å². The molecule has 8 heteroatoms. The Morgan fingerprint density at radius 3 is 2.64 bits per heavy atom. The van der Waals surface area contributed by atoms with Crippen molar-refractivity contribution in [3.63, 3.8) is 0 Å². The van der Waals surface area contributed by atoms with Gasteiger partial charge in [0.1, 0.15) is 5.41 Å². The maximum absolute atomic E-state index is 13.6. The van der Waals surface area contributed by atoms with Gasteiger partial charge in [0, 0.05) is 11.3 Å². The quantitative estimate of drug-likeness (QED) is 0.267. The first-order valence-electron chi connectivity index (χ1n) is 10.0. The number of carbonyl (C=O) groups is 3. The second kappa shape index (κ2) is 8.29. The summed E-state index contributed by atoms with van der Waals surface area (Å²) in [4.78, 5) is 42.2. The van der Waals surface area contributed by atoms with Crippen molar-refractivity contribution in [1.82, 2.24) is 10.0 Å². The Bertz CT molecular complexity index is 746. The van der Waals surface area contributed by atoms with Crippen LogP contribution >= 0.6 is 11.3 Å². The number of thiazole rings is 1. The standard InChI is InChI=1S/C20H29N3O4S/c1-3-4-5-15(10-23(27)13-24)16(25)20(9-8-19(12-20)6-7-19)17(26)22-18-21-14(2)11-28-18/h11,13,15,27H,3-10,12H2,1-2H3,(H,21,22,26). The number of aryl methyl sites for hydroxylation is 1. The molecule has 1 aromatic heterocycles. The monoisotopic (exact) mass is 407 g/mol. The van der Waals surface area contributed by atoms with E-state index >= 15 is 0 Å². The summed E-state index contributed by atoms with van der Waals surface area (Å²) in [6.07, 6.45) is 6.65. The number of ketones is 1. The number of hydrogen-bond acceptors (Lipinski definition) is 6. The predicted molar refractivity (Wildman–Crippen MR) is 106 cm³/mol. The van der Waals surface area contributed by atoms with Gasteiger partial charge >= 0.3 is 0 Å². The number of carbonyl (C=O) groups excluding carboxylic acids is 3. The first-order chi connectivity index (χ1) is 13.3. The summed E-state index contributed by atoms with van der Waals surface area (Å²) >= 11 is 1.35. The van der Waals surface area contributed by atoms with E-state index in [1.54, 1.807) is 0 Å². The van der Waals surface area contributed by atoms with E-state index in [2.05, 4.69) is 10.3 Å². The van der Waals surface area contributed by atoms with Crippen molar-refractivity contribution in [1.29, 1.82) is 0 Å². The maximum Gasteiger partial charge on any atom is 0.239 e. The number of nitrogens with zero attached hydrogens (tertiary/aromatic N) is 2. The highest BCUT2D eigenvalue weighted by Crippen LogP contribution is 2.64. The lowest BCUT2D eigenvalue weighted by atomic mass is 9.73. The SMILES string of the molecule is CCCCC(CN(O)C=O)C(=O)C1(C(=O)Nc2nc(C)cs2)CCC2(CC2)C1. The number of hydrogen-bond donors (Lipinski definition) is 2. The van der Waals surface area contributed by atoms with Gasteiger partial charge in [-0.05, 0) is 50.9 Å². The molecular formula is C20H29N3O4S. The van der Waals surface area contributed by atoms with Gasteiger partial charge < -0.3 is 5.32 Å². The van der Waals surface area contributed by atoms with Crippen LogP contribution < -0.4 is 5.32 Å². The molecule has 0 saturated heterocycles. The van der Waals surface area contributed by atoms with Crippen LogP contribution in [-0.4, -0.2) is 39.9 Å². The van der Waals surface area contributed by atoms with E-state index < -0.39 is 11.3 Å². The summed E-state index contributed by atoms with van der Waals surface area (Å²) < 4.78 is 0. The molecule has 0 radical (unpaired) electrons. The predicted octanol–water partition coefficient (Wildman–Crippen LogP) is 3.56. The zero-order chi connectivity index (χ0) is 20.4. The largest absolute Gasteiger partial charge is 0.301 e. The Hall–Kier alpha value is -1.80. The molecule has 2 atom stereocenters. The molecular weight excluding hydrogens is 378 g/mol. The second-order valence-electron chi connectivity index (χ2n) is 8.44. The summed E-state index contributed by atoms with van der Waals surface area (Å²) in [6, 6.07) is 0. The zero-order valence-corrected chi connectivity index (χ0v) is 17.4. The number of rotatable bonds is 10. The van der Waals surface area contributed by atoms with Crippen LogP contribution in [0.15, 0.2) is 5.38 Å². The van der Waals surface area contributed by atoms with Crippen LogP contribution in [-0.2, 0) is 14.4 Å². The molecule has 3 rings (SSSR count). The normalized spacial score (nSPS) is 23.4. The summed E-state index contributed by atoms with van der Waals surface area (Å²) in [5, 5.41) is 15.5. The third-order valence-electron chi connectivity index (χ3n) is 6.27. The van der Waals surface area contributed by atoms with Gasteiger partial charge in [0.15, 0.2) is 10.9 Å². The maximum atomic E-state index is 13.6. The van der Waals surface area contributed by atoms with Crippen LogP contribution in [0.5, 0.6) is 0 Å². The minimum Gasteiger partial charge on any atom is -0.301 e. The molecule has 2 amide bonds. The average Bonchev–Trinajstić information content (AvgIpc) is 3.13. The van der Waals surface area contributed by atoms with Gasteiger partial charge in [-0.15, -0.1) is 11.3 Å². The fraction of sp³-hybridized carbons (Fsp3) is 0.700. The van der Waals surface area contributed by atoms with Gasteiger partial charge in [-0.25, -0.2) is 10.0 Å². The minimum absolute atomic E-state index is 0.0687. The molecule has 1 heterocycles. The van der Waals surface area contributed by atoms with Gasteiger partial charge in [-0.3, -0.25) is 19.6 Å². The van der Waals surface area contributed by atoms with E-state index in [9.17, 15) is 19.6 Å². The number of anilines is 1. The van der Waals surface area contributed by atoms with E-state index in [0.717, 1.165) is 37.8 Å². The van der Waals surface area contributed by atoms with Gasteiger partial charge in [-0.2, -0.15) is 0 Å². The molecule has 1 spiro atoms. The molecule has 2 aliphatic carbocycles. The van der Waals surface area contributed by atoms with Crippen LogP contribution in [0.4, 0.5) is 5.13 Å². The van der Waals surface area contributed by atoms with E-state index in [1.165, 1.54) is 11.3 Å². The first-order valence-corrected chi connectivity index (χ1v) is 10.9. The molecule has 2 saturated carbocycles. The molecule has 28 heavy (non-hydrogen) atoms. The van der Waals surface area contributed by atoms with Crippen LogP contribution in [0, 0.1) is 23.7 Å². The van der Waals surface area contributed by atoms with Gasteiger partial charge in [0.05, 0.1) is 12.2 Å². The highest BCUT2D eigenvalue weighted by atomic mass is 32.1. The van der Waals surface area contributed by atoms with Crippen molar-refractivity contribution in [2.45, 2.75) is 65.2 Å². The van der Waals surface area contributed by atoms with E-state index in [0.29, 0.717) is 35.9 Å². The molecule has 2 fully saturated rings. The molecule has 2 N–H and O–H groups in total. The zero-order valence-electron chi connectivity index (χ0n) is 16.6. The topological polar surface area (TPSA) is 99.6 Å². The Kier molecular flexibility index (Phi) is 6.19. The van der Waals surface area contributed by atoms with Crippen LogP contribution in [0.2, 0.25) is 0 Å². The Morgan fingerprint density at radius 2 is 2.11 bits per heavy atom. The van der Waals surface area contributed by atoms with E-state index in [1.807, 2.05) is 19.2 Å². The Labute approximate surface area is 169 Å². The molecule has 0 bridgehead atoms. The smallest absolute Gasteiger partial charge is 0.239 e. The summed E-state index contributed by atoms with van der Waals surface area (Å²) in [5.41, 5.74) is -0.156. The van der Waals surface area contributed by atoms with Crippen molar-refractivity contribution in [3.8, 4) is 0 Å². The lowest BCUT2D eigenvalue weighted by Crippen LogP contribution is -2.47. The number of Topliss-reactive ketones (excluding diaryl/α,β-unsaturated/α-hetero) is 1. The number of hydroxylamine groups is 2. The van der Waals surface area contributed by atoms with Crippen molar-refractivity contribution < 1.29 is 19.6 Å². The second-order valence-corrected chi connectivity index (χ2v) is 9.30. The fourth-order valence-corrected chi connectivity index (χ4v) is 5.14. The molecule has 0 aromatic carbocycles. The molecule has 154 valence electrons. The van der Waals surface area contributed by atoms with E-state index in [-0.39, 0.29) is 23.7 Å². The first kappa shape index (κ1) is 20.9. The van der Waals surface area contributed by atoms with Crippen LogP contribution in [0.1, 0.15) is 64.0 Å². The highest BCUT2D eigenvalue weighted by Gasteiger charge is 2.61. The molecule has 1 aromatic rings. The van der Waals surface area contributed by atoms with Crippen molar-refractivity contribution >= 4 is 34.6 Å².